The molecule has 108 valence electrons. The van der Waals surface area contributed by atoms with E-state index in [-0.39, 0.29) is 17.6 Å². The van der Waals surface area contributed by atoms with Crippen molar-refractivity contribution in [3.05, 3.63) is 64.6 Å². The highest BCUT2D eigenvalue weighted by molar-refractivity contribution is 9.10. The van der Waals surface area contributed by atoms with Crippen molar-refractivity contribution in [2.45, 2.75) is 4.90 Å². The van der Waals surface area contributed by atoms with E-state index in [0.29, 0.717) is 5.56 Å². The standard InChI is InChI=1S/C15H13BrN2O2S/c16-12-8-6-11(7-9-12)15(20)18-17-14(19)10-21-13-4-2-1-3-5-13/h1-9H,10H2,(H,17,19)(H,18,20). The lowest BCUT2D eigenvalue weighted by atomic mass is 10.2. The first-order chi connectivity index (χ1) is 10.1. The van der Waals surface area contributed by atoms with Gasteiger partial charge in [-0.2, -0.15) is 0 Å². The van der Waals surface area contributed by atoms with Crippen LogP contribution in [-0.4, -0.2) is 17.6 Å². The first-order valence-corrected chi connectivity index (χ1v) is 7.95. The molecule has 21 heavy (non-hydrogen) atoms. The second kappa shape index (κ2) is 7.85. The molecule has 2 amide bonds. The van der Waals surface area contributed by atoms with Crippen LogP contribution in [-0.2, 0) is 4.79 Å². The van der Waals surface area contributed by atoms with Crippen molar-refractivity contribution in [2.24, 2.45) is 0 Å². The summed E-state index contributed by atoms with van der Waals surface area (Å²) in [4.78, 5) is 24.4. The van der Waals surface area contributed by atoms with Crippen LogP contribution in [0.1, 0.15) is 10.4 Å². The van der Waals surface area contributed by atoms with Gasteiger partial charge in [-0.15, -0.1) is 11.8 Å². The predicted molar refractivity (Wildman–Crippen MR) is 86.9 cm³/mol. The van der Waals surface area contributed by atoms with Gasteiger partial charge >= 0.3 is 0 Å². The van der Waals surface area contributed by atoms with Crippen LogP contribution >= 0.6 is 27.7 Å². The Labute approximate surface area is 135 Å². The fourth-order valence-electron chi connectivity index (χ4n) is 1.50. The Balaban J connectivity index is 1.76. The summed E-state index contributed by atoms with van der Waals surface area (Å²) in [7, 11) is 0. The maximum absolute atomic E-state index is 11.8. The number of hydrogen-bond acceptors (Lipinski definition) is 3. The van der Waals surface area contributed by atoms with Gasteiger partial charge in [-0.25, -0.2) is 0 Å². The quantitative estimate of drug-likeness (QED) is 0.647. The summed E-state index contributed by atoms with van der Waals surface area (Å²) in [6, 6.07) is 16.5. The maximum Gasteiger partial charge on any atom is 0.269 e. The fourth-order valence-corrected chi connectivity index (χ4v) is 2.49. The summed E-state index contributed by atoms with van der Waals surface area (Å²) in [6.07, 6.45) is 0. The van der Waals surface area contributed by atoms with Crippen LogP contribution in [0.3, 0.4) is 0 Å². The molecular weight excluding hydrogens is 352 g/mol. The number of amides is 2. The lowest BCUT2D eigenvalue weighted by Crippen LogP contribution is -2.42. The number of hydrogen-bond donors (Lipinski definition) is 2. The molecule has 2 aromatic rings. The lowest BCUT2D eigenvalue weighted by molar-refractivity contribution is -0.119. The molecule has 2 aromatic carbocycles. The molecule has 0 aliphatic carbocycles. The zero-order valence-corrected chi connectivity index (χ0v) is 13.4. The molecule has 0 radical (unpaired) electrons. The molecule has 0 saturated heterocycles. The molecule has 6 heteroatoms. The first-order valence-electron chi connectivity index (χ1n) is 6.18. The first kappa shape index (κ1) is 15.6. The molecule has 0 fully saturated rings. The van der Waals surface area contributed by atoms with Crippen LogP contribution in [0.25, 0.3) is 0 Å². The summed E-state index contributed by atoms with van der Waals surface area (Å²) < 4.78 is 0.891. The molecule has 4 nitrogen and oxygen atoms in total. The number of nitrogens with one attached hydrogen (secondary N) is 2. The van der Waals surface area contributed by atoms with E-state index in [1.165, 1.54) is 11.8 Å². The zero-order chi connectivity index (χ0) is 15.1. The fraction of sp³-hybridized carbons (Fsp3) is 0.0667. The van der Waals surface area contributed by atoms with Crippen LogP contribution in [0.15, 0.2) is 64.0 Å². The van der Waals surface area contributed by atoms with Gasteiger partial charge in [-0.1, -0.05) is 34.1 Å². The van der Waals surface area contributed by atoms with E-state index in [4.69, 9.17) is 0 Å². The Hall–Kier alpha value is -1.79. The van der Waals surface area contributed by atoms with Gasteiger partial charge in [-0.05, 0) is 36.4 Å². The highest BCUT2D eigenvalue weighted by Gasteiger charge is 2.07. The van der Waals surface area contributed by atoms with Crippen molar-refractivity contribution in [1.82, 2.24) is 10.9 Å². The molecule has 0 bridgehead atoms. The van der Waals surface area contributed by atoms with Crippen LogP contribution in [0.4, 0.5) is 0 Å². The summed E-state index contributed by atoms with van der Waals surface area (Å²) in [5.41, 5.74) is 5.26. The highest BCUT2D eigenvalue weighted by Crippen LogP contribution is 2.16. The van der Waals surface area contributed by atoms with Crippen molar-refractivity contribution in [2.75, 3.05) is 5.75 Å². The van der Waals surface area contributed by atoms with Crippen molar-refractivity contribution in [3.8, 4) is 0 Å². The zero-order valence-electron chi connectivity index (χ0n) is 11.0. The molecule has 0 atom stereocenters. The SMILES string of the molecule is O=C(CSc1ccccc1)NNC(=O)c1ccc(Br)cc1. The third-order valence-corrected chi connectivity index (χ3v) is 4.08. The predicted octanol–water partition coefficient (Wildman–Crippen LogP) is 3.00. The third-order valence-electron chi connectivity index (χ3n) is 2.53. The number of halogens is 1. The molecule has 2 N–H and O–H groups in total. The van der Waals surface area contributed by atoms with Gasteiger partial charge in [0.25, 0.3) is 5.91 Å². The number of carbonyl (C=O) groups excluding carboxylic acids is 2. The van der Waals surface area contributed by atoms with E-state index in [1.807, 2.05) is 30.3 Å². The van der Waals surface area contributed by atoms with Crippen molar-refractivity contribution in [3.63, 3.8) is 0 Å². The Morgan fingerprint density at radius 1 is 0.952 bits per heavy atom. The van der Waals surface area contributed by atoms with Gasteiger partial charge < -0.3 is 0 Å². The average Bonchev–Trinajstić information content (AvgIpc) is 2.52. The van der Waals surface area contributed by atoms with Gasteiger partial charge in [0.1, 0.15) is 0 Å². The van der Waals surface area contributed by atoms with Gasteiger partial charge in [0.2, 0.25) is 5.91 Å². The van der Waals surface area contributed by atoms with Gasteiger partial charge in [0.15, 0.2) is 0 Å². The second-order valence-electron chi connectivity index (χ2n) is 4.11. The Bertz CT molecular complexity index is 617. The van der Waals surface area contributed by atoms with E-state index in [2.05, 4.69) is 26.8 Å². The Morgan fingerprint density at radius 3 is 2.29 bits per heavy atom. The van der Waals surface area contributed by atoms with Crippen LogP contribution < -0.4 is 10.9 Å². The van der Waals surface area contributed by atoms with E-state index >= 15 is 0 Å². The molecule has 0 aromatic heterocycles. The van der Waals surface area contributed by atoms with Crippen LogP contribution in [0.2, 0.25) is 0 Å². The van der Waals surface area contributed by atoms with E-state index < -0.39 is 0 Å². The highest BCUT2D eigenvalue weighted by atomic mass is 79.9. The monoisotopic (exact) mass is 364 g/mol. The lowest BCUT2D eigenvalue weighted by Gasteiger charge is -2.07. The molecule has 0 spiro atoms. The normalized spacial score (nSPS) is 9.95. The molecule has 0 heterocycles. The summed E-state index contributed by atoms with van der Waals surface area (Å²) >= 11 is 4.70. The Kier molecular flexibility index (Phi) is 5.83. The van der Waals surface area contributed by atoms with Crippen LogP contribution in [0, 0.1) is 0 Å². The number of hydrazine groups is 1. The maximum atomic E-state index is 11.8. The topological polar surface area (TPSA) is 58.2 Å². The minimum absolute atomic E-state index is 0.241. The number of rotatable bonds is 4. The largest absolute Gasteiger partial charge is 0.272 e. The summed E-state index contributed by atoms with van der Waals surface area (Å²) in [6.45, 7) is 0. The molecular formula is C15H13BrN2O2S. The molecule has 0 unspecified atom stereocenters. The molecule has 0 aliphatic heterocycles. The summed E-state index contributed by atoms with van der Waals surface area (Å²) in [5, 5.41) is 0. The molecule has 2 rings (SSSR count). The average molecular weight is 365 g/mol. The second-order valence-corrected chi connectivity index (χ2v) is 6.08. The van der Waals surface area contributed by atoms with E-state index in [1.54, 1.807) is 24.3 Å². The van der Waals surface area contributed by atoms with Crippen molar-refractivity contribution < 1.29 is 9.59 Å². The number of benzene rings is 2. The molecule has 0 aliphatic rings. The minimum Gasteiger partial charge on any atom is -0.272 e. The molecule has 0 saturated carbocycles. The Morgan fingerprint density at radius 2 is 1.62 bits per heavy atom. The number of thioether (sulfide) groups is 1. The van der Waals surface area contributed by atoms with Crippen molar-refractivity contribution in [1.29, 1.82) is 0 Å². The summed E-state index contributed by atoms with van der Waals surface area (Å²) in [5.74, 6) is -0.361. The minimum atomic E-state index is -0.347. The van der Waals surface area contributed by atoms with Crippen molar-refractivity contribution >= 4 is 39.5 Å². The van der Waals surface area contributed by atoms with E-state index in [9.17, 15) is 9.59 Å². The smallest absolute Gasteiger partial charge is 0.269 e. The van der Waals surface area contributed by atoms with Gasteiger partial charge in [0.05, 0.1) is 5.75 Å². The third kappa shape index (κ3) is 5.24. The van der Waals surface area contributed by atoms with Gasteiger partial charge in [-0.3, -0.25) is 20.4 Å². The number of carbonyl (C=O) groups is 2. The van der Waals surface area contributed by atoms with E-state index in [0.717, 1.165) is 9.37 Å². The van der Waals surface area contributed by atoms with Crippen LogP contribution in [0.5, 0.6) is 0 Å². The van der Waals surface area contributed by atoms with Gasteiger partial charge in [0, 0.05) is 14.9 Å².